The van der Waals surface area contributed by atoms with Gasteiger partial charge in [-0.25, -0.2) is 0 Å². The van der Waals surface area contributed by atoms with Gasteiger partial charge in [0, 0.05) is 25.2 Å². The Kier molecular flexibility index (Phi) is 4.80. The maximum Gasteiger partial charge on any atom is 0.226 e. The Morgan fingerprint density at radius 1 is 1.53 bits per heavy atom. The van der Waals surface area contributed by atoms with Crippen LogP contribution in [-0.4, -0.2) is 31.2 Å². The number of hydrogen-bond donors (Lipinski definition) is 2. The van der Waals surface area contributed by atoms with Crippen LogP contribution in [0.15, 0.2) is 24.3 Å². The molecule has 4 heteroatoms. The van der Waals surface area contributed by atoms with E-state index in [4.69, 9.17) is 0 Å². The third kappa shape index (κ3) is 3.96. The first-order chi connectivity index (χ1) is 9.16. The second-order valence-corrected chi connectivity index (χ2v) is 5.22. The van der Waals surface area contributed by atoms with Crippen LogP contribution in [0.1, 0.15) is 25.7 Å². The van der Waals surface area contributed by atoms with Crippen LogP contribution >= 0.6 is 0 Å². The smallest absolute Gasteiger partial charge is 0.226 e. The molecule has 19 heavy (non-hydrogen) atoms. The molecule has 0 aliphatic carbocycles. The van der Waals surface area contributed by atoms with Gasteiger partial charge < -0.3 is 15.3 Å². The van der Waals surface area contributed by atoms with E-state index in [0.717, 1.165) is 25.2 Å². The molecule has 2 rings (SSSR count). The zero-order chi connectivity index (χ0) is 13.7. The van der Waals surface area contributed by atoms with E-state index in [2.05, 4.69) is 5.32 Å². The van der Waals surface area contributed by atoms with Gasteiger partial charge in [-0.2, -0.15) is 0 Å². The number of aromatic hydroxyl groups is 1. The molecular formula is C15H22N2O2. The molecule has 1 amide bonds. The third-order valence-corrected chi connectivity index (χ3v) is 3.76. The van der Waals surface area contributed by atoms with Gasteiger partial charge in [0.05, 0.1) is 0 Å². The van der Waals surface area contributed by atoms with E-state index in [-0.39, 0.29) is 11.7 Å². The Hall–Kier alpha value is -1.55. The molecule has 1 unspecified atom stereocenters. The molecule has 1 saturated heterocycles. The summed E-state index contributed by atoms with van der Waals surface area (Å²) in [5, 5.41) is 12.8. The minimum atomic E-state index is 0.108. The van der Waals surface area contributed by atoms with Gasteiger partial charge >= 0.3 is 0 Å². The van der Waals surface area contributed by atoms with Crippen molar-refractivity contribution in [1.82, 2.24) is 5.32 Å². The molecule has 1 atom stereocenters. The van der Waals surface area contributed by atoms with Crippen LogP contribution < -0.4 is 10.2 Å². The van der Waals surface area contributed by atoms with E-state index in [9.17, 15) is 9.90 Å². The SMILES string of the molecule is CN(C(=O)CCC1CCCNC1)c1cccc(O)c1. The molecule has 1 fully saturated rings. The van der Waals surface area contributed by atoms with Crippen molar-refractivity contribution in [1.29, 1.82) is 0 Å². The molecule has 0 spiro atoms. The first-order valence-electron chi connectivity index (χ1n) is 6.93. The lowest BCUT2D eigenvalue weighted by Crippen LogP contribution is -2.31. The Balaban J connectivity index is 1.85. The third-order valence-electron chi connectivity index (χ3n) is 3.76. The van der Waals surface area contributed by atoms with Gasteiger partial charge in [0.25, 0.3) is 0 Å². The molecule has 0 saturated carbocycles. The number of carbonyl (C=O) groups is 1. The molecule has 0 bridgehead atoms. The lowest BCUT2D eigenvalue weighted by molar-refractivity contribution is -0.118. The van der Waals surface area contributed by atoms with Crippen LogP contribution in [0, 0.1) is 5.92 Å². The summed E-state index contributed by atoms with van der Waals surface area (Å²) in [6.07, 6.45) is 3.94. The van der Waals surface area contributed by atoms with E-state index in [1.54, 1.807) is 30.1 Å². The van der Waals surface area contributed by atoms with Crippen LogP contribution in [0.2, 0.25) is 0 Å². The topological polar surface area (TPSA) is 52.6 Å². The molecule has 0 aromatic heterocycles. The van der Waals surface area contributed by atoms with Gasteiger partial charge in [0.1, 0.15) is 5.75 Å². The summed E-state index contributed by atoms with van der Waals surface area (Å²) in [5.41, 5.74) is 0.742. The minimum Gasteiger partial charge on any atom is -0.508 e. The number of rotatable bonds is 4. The summed E-state index contributed by atoms with van der Waals surface area (Å²) in [4.78, 5) is 13.7. The average Bonchev–Trinajstić information content (AvgIpc) is 2.45. The monoisotopic (exact) mass is 262 g/mol. The molecule has 1 aromatic rings. The predicted molar refractivity (Wildman–Crippen MR) is 76.3 cm³/mol. The molecule has 1 aromatic carbocycles. The molecule has 0 radical (unpaired) electrons. The Morgan fingerprint density at radius 3 is 3.05 bits per heavy atom. The first kappa shape index (κ1) is 13.9. The van der Waals surface area contributed by atoms with Crippen molar-refractivity contribution in [3.05, 3.63) is 24.3 Å². The van der Waals surface area contributed by atoms with Crippen molar-refractivity contribution < 1.29 is 9.90 Å². The quantitative estimate of drug-likeness (QED) is 0.874. The highest BCUT2D eigenvalue weighted by Crippen LogP contribution is 2.21. The van der Waals surface area contributed by atoms with Crippen LogP contribution in [0.5, 0.6) is 5.75 Å². The Morgan fingerprint density at radius 2 is 2.37 bits per heavy atom. The van der Waals surface area contributed by atoms with Crippen LogP contribution in [-0.2, 0) is 4.79 Å². The highest BCUT2D eigenvalue weighted by atomic mass is 16.3. The van der Waals surface area contributed by atoms with E-state index in [1.165, 1.54) is 12.8 Å². The fourth-order valence-electron chi connectivity index (χ4n) is 2.51. The number of amides is 1. The molecule has 104 valence electrons. The fraction of sp³-hybridized carbons (Fsp3) is 0.533. The molecular weight excluding hydrogens is 240 g/mol. The lowest BCUT2D eigenvalue weighted by atomic mass is 9.94. The van der Waals surface area contributed by atoms with Crippen LogP contribution in [0.3, 0.4) is 0 Å². The Bertz CT molecular complexity index is 428. The molecule has 1 aliphatic rings. The summed E-state index contributed by atoms with van der Waals surface area (Å²) in [6.45, 7) is 2.14. The minimum absolute atomic E-state index is 0.108. The van der Waals surface area contributed by atoms with Gasteiger partial charge in [0.15, 0.2) is 0 Å². The summed E-state index contributed by atoms with van der Waals surface area (Å²) in [7, 11) is 1.76. The summed E-state index contributed by atoms with van der Waals surface area (Å²) >= 11 is 0. The van der Waals surface area contributed by atoms with Crippen LogP contribution in [0.25, 0.3) is 0 Å². The van der Waals surface area contributed by atoms with Gasteiger partial charge in [-0.3, -0.25) is 4.79 Å². The van der Waals surface area contributed by atoms with Crippen molar-refractivity contribution in [3.63, 3.8) is 0 Å². The lowest BCUT2D eigenvalue weighted by Gasteiger charge is -2.24. The largest absolute Gasteiger partial charge is 0.508 e. The zero-order valence-corrected chi connectivity index (χ0v) is 11.4. The van der Waals surface area contributed by atoms with Crippen molar-refractivity contribution in [2.75, 3.05) is 25.0 Å². The Labute approximate surface area is 114 Å². The maximum atomic E-state index is 12.1. The molecule has 2 N–H and O–H groups in total. The van der Waals surface area contributed by atoms with Crippen molar-refractivity contribution >= 4 is 11.6 Å². The van der Waals surface area contributed by atoms with Crippen LogP contribution in [0.4, 0.5) is 5.69 Å². The van der Waals surface area contributed by atoms with Crippen molar-refractivity contribution in [2.45, 2.75) is 25.7 Å². The fourth-order valence-corrected chi connectivity index (χ4v) is 2.51. The standard InChI is InChI=1S/C15H22N2O2/c1-17(13-5-2-6-14(18)10-13)15(19)8-7-12-4-3-9-16-11-12/h2,5-6,10,12,16,18H,3-4,7-9,11H2,1H3. The highest BCUT2D eigenvalue weighted by Gasteiger charge is 2.17. The number of piperidine rings is 1. The summed E-state index contributed by atoms with van der Waals surface area (Å²) in [6, 6.07) is 6.80. The van der Waals surface area contributed by atoms with E-state index < -0.39 is 0 Å². The second-order valence-electron chi connectivity index (χ2n) is 5.22. The number of carbonyl (C=O) groups excluding carboxylic acids is 1. The maximum absolute atomic E-state index is 12.1. The number of anilines is 1. The molecule has 1 heterocycles. The molecule has 4 nitrogen and oxygen atoms in total. The number of nitrogens with one attached hydrogen (secondary N) is 1. The number of nitrogens with zero attached hydrogens (tertiary/aromatic N) is 1. The normalized spacial score (nSPS) is 19.1. The predicted octanol–water partition coefficient (Wildman–Crippen LogP) is 2.13. The van der Waals surface area contributed by atoms with Crippen molar-refractivity contribution in [2.24, 2.45) is 5.92 Å². The van der Waals surface area contributed by atoms with Gasteiger partial charge in [-0.15, -0.1) is 0 Å². The second kappa shape index (κ2) is 6.57. The number of phenolic OH excluding ortho intramolecular Hbond substituents is 1. The highest BCUT2D eigenvalue weighted by molar-refractivity contribution is 5.92. The number of hydrogen-bond acceptors (Lipinski definition) is 3. The number of benzene rings is 1. The van der Waals surface area contributed by atoms with E-state index >= 15 is 0 Å². The van der Waals surface area contributed by atoms with Gasteiger partial charge in [-0.1, -0.05) is 6.07 Å². The van der Waals surface area contributed by atoms with Gasteiger partial charge in [0.2, 0.25) is 5.91 Å². The summed E-state index contributed by atoms with van der Waals surface area (Å²) in [5.74, 6) is 0.917. The van der Waals surface area contributed by atoms with Crippen molar-refractivity contribution in [3.8, 4) is 5.75 Å². The van der Waals surface area contributed by atoms with E-state index in [1.807, 2.05) is 6.07 Å². The zero-order valence-electron chi connectivity index (χ0n) is 11.4. The first-order valence-corrected chi connectivity index (χ1v) is 6.93. The van der Waals surface area contributed by atoms with E-state index in [0.29, 0.717) is 12.3 Å². The number of phenols is 1. The average molecular weight is 262 g/mol. The molecule has 1 aliphatic heterocycles. The van der Waals surface area contributed by atoms with Gasteiger partial charge in [-0.05, 0) is 50.4 Å². The summed E-state index contributed by atoms with van der Waals surface area (Å²) < 4.78 is 0.